The van der Waals surface area contributed by atoms with Crippen molar-refractivity contribution in [2.45, 2.75) is 45.6 Å². The van der Waals surface area contributed by atoms with E-state index in [9.17, 15) is 9.59 Å². The van der Waals surface area contributed by atoms with Gasteiger partial charge in [0, 0.05) is 36.0 Å². The zero-order valence-corrected chi connectivity index (χ0v) is 20.7. The van der Waals surface area contributed by atoms with Gasteiger partial charge in [-0.15, -0.1) is 0 Å². The van der Waals surface area contributed by atoms with Crippen molar-refractivity contribution >= 4 is 22.7 Å². The van der Waals surface area contributed by atoms with Crippen LogP contribution in [0.15, 0.2) is 61.1 Å². The number of rotatable bonds is 9. The largest absolute Gasteiger partial charge is 0.355 e. The van der Waals surface area contributed by atoms with E-state index in [0.717, 1.165) is 51.7 Å². The Hall–Kier alpha value is -4.00. The predicted octanol–water partition coefficient (Wildman–Crippen LogP) is 4.36. The number of aromatic nitrogens is 3. The molecule has 36 heavy (non-hydrogen) atoms. The average Bonchev–Trinajstić information content (AvgIpc) is 3.61. The van der Waals surface area contributed by atoms with E-state index in [4.69, 9.17) is 4.98 Å². The van der Waals surface area contributed by atoms with Gasteiger partial charge in [0.2, 0.25) is 5.91 Å². The summed E-state index contributed by atoms with van der Waals surface area (Å²) in [6.07, 6.45) is 8.46. The summed E-state index contributed by atoms with van der Waals surface area (Å²) in [6, 6.07) is 13.7. The molecule has 5 rings (SSSR count). The number of pyridine rings is 2. The lowest BCUT2D eigenvalue weighted by Crippen LogP contribution is -2.31. The Labute approximate surface area is 210 Å². The van der Waals surface area contributed by atoms with Gasteiger partial charge in [-0.3, -0.25) is 19.6 Å². The molecule has 0 spiro atoms. The number of amides is 2. The first-order valence-electron chi connectivity index (χ1n) is 12.5. The summed E-state index contributed by atoms with van der Waals surface area (Å²) in [4.78, 5) is 37.4. The first-order chi connectivity index (χ1) is 17.5. The maximum atomic E-state index is 13.1. The summed E-state index contributed by atoms with van der Waals surface area (Å²) < 4.78 is 0. The second kappa shape index (κ2) is 10.3. The van der Waals surface area contributed by atoms with Crippen LogP contribution in [0.2, 0.25) is 0 Å². The fourth-order valence-corrected chi connectivity index (χ4v) is 4.69. The normalized spacial score (nSPS) is 13.9. The van der Waals surface area contributed by atoms with Crippen LogP contribution in [-0.2, 0) is 17.6 Å². The Morgan fingerprint density at radius 2 is 1.92 bits per heavy atom. The number of hydrogen-bond donors (Lipinski definition) is 3. The van der Waals surface area contributed by atoms with Crippen molar-refractivity contribution in [3.63, 3.8) is 0 Å². The predicted molar refractivity (Wildman–Crippen MR) is 140 cm³/mol. The lowest BCUT2D eigenvalue weighted by molar-refractivity contribution is -0.120. The van der Waals surface area contributed by atoms with Crippen molar-refractivity contribution in [1.29, 1.82) is 0 Å². The Morgan fingerprint density at radius 3 is 2.64 bits per heavy atom. The van der Waals surface area contributed by atoms with Crippen LogP contribution in [0.4, 0.5) is 0 Å². The highest BCUT2D eigenvalue weighted by molar-refractivity contribution is 5.98. The number of benzene rings is 1. The van der Waals surface area contributed by atoms with Crippen molar-refractivity contribution in [1.82, 2.24) is 25.6 Å². The van der Waals surface area contributed by atoms with Gasteiger partial charge >= 0.3 is 0 Å². The fourth-order valence-electron chi connectivity index (χ4n) is 4.69. The van der Waals surface area contributed by atoms with E-state index in [-0.39, 0.29) is 17.9 Å². The Balaban J connectivity index is 1.22. The van der Waals surface area contributed by atoms with E-state index in [0.29, 0.717) is 31.0 Å². The molecule has 2 amide bonds. The average molecular weight is 482 g/mol. The summed E-state index contributed by atoms with van der Waals surface area (Å²) in [5.74, 6) is 0.279. The van der Waals surface area contributed by atoms with Crippen LogP contribution in [0.5, 0.6) is 0 Å². The van der Waals surface area contributed by atoms with Gasteiger partial charge < -0.3 is 15.6 Å². The molecule has 1 aromatic carbocycles. The molecule has 7 heteroatoms. The van der Waals surface area contributed by atoms with E-state index in [1.54, 1.807) is 12.4 Å². The van der Waals surface area contributed by atoms with Gasteiger partial charge in [0.15, 0.2) is 0 Å². The zero-order valence-electron chi connectivity index (χ0n) is 20.7. The molecular formula is C29H31N5O2. The first kappa shape index (κ1) is 23.7. The topological polar surface area (TPSA) is 99.8 Å². The molecule has 1 saturated carbocycles. The second-order valence-corrected chi connectivity index (χ2v) is 9.69. The van der Waals surface area contributed by atoms with Crippen molar-refractivity contribution in [3.8, 4) is 0 Å². The van der Waals surface area contributed by atoms with Gasteiger partial charge in [-0.25, -0.2) is 0 Å². The Kier molecular flexibility index (Phi) is 6.80. The van der Waals surface area contributed by atoms with Crippen LogP contribution in [0.25, 0.3) is 10.9 Å². The zero-order chi connectivity index (χ0) is 25.1. The molecule has 4 aromatic rings. The van der Waals surface area contributed by atoms with Gasteiger partial charge in [0.05, 0.1) is 18.2 Å². The molecule has 1 fully saturated rings. The molecule has 3 heterocycles. The molecule has 1 aliphatic rings. The Bertz CT molecular complexity index is 1390. The highest BCUT2D eigenvalue weighted by Gasteiger charge is 2.35. The van der Waals surface area contributed by atoms with Crippen LogP contribution in [0, 0.1) is 19.8 Å². The number of nitrogens with one attached hydrogen (secondary N) is 3. The van der Waals surface area contributed by atoms with Gasteiger partial charge in [-0.05, 0) is 73.4 Å². The summed E-state index contributed by atoms with van der Waals surface area (Å²) in [5, 5.41) is 7.24. The maximum absolute atomic E-state index is 13.1. The van der Waals surface area contributed by atoms with E-state index >= 15 is 0 Å². The van der Waals surface area contributed by atoms with E-state index in [1.807, 2.05) is 56.4 Å². The van der Waals surface area contributed by atoms with E-state index in [1.165, 1.54) is 0 Å². The first-order valence-corrected chi connectivity index (χ1v) is 12.5. The third-order valence-corrected chi connectivity index (χ3v) is 6.78. The fraction of sp³-hybridized carbons (Fsp3) is 0.310. The molecule has 1 aliphatic carbocycles. The standard InChI is InChI=1S/C29H31N5O2/c1-18-5-3-7-23-15-24(33-26(18)23)29(36)34-28(22-8-9-22)27-19(2)13-21(17-32-27)10-12-31-25(35)14-20-6-4-11-30-16-20/h3-7,11,13,15-17,22,28,33H,8-10,12,14H2,1-2H3,(H,31,35)(H,34,36). The van der Waals surface area contributed by atoms with Crippen LogP contribution in [0.1, 0.15) is 57.3 Å². The monoisotopic (exact) mass is 481 g/mol. The molecule has 3 aromatic heterocycles. The van der Waals surface area contributed by atoms with Crippen LogP contribution in [0.3, 0.4) is 0 Å². The minimum atomic E-state index is -0.113. The number of carbonyl (C=O) groups is 2. The highest BCUT2D eigenvalue weighted by Crippen LogP contribution is 2.41. The molecule has 1 unspecified atom stereocenters. The molecule has 1 atom stereocenters. The highest BCUT2D eigenvalue weighted by atomic mass is 16.2. The van der Waals surface area contributed by atoms with E-state index < -0.39 is 0 Å². The minimum Gasteiger partial charge on any atom is -0.355 e. The molecule has 184 valence electrons. The minimum absolute atomic E-state index is 0.0204. The lowest BCUT2D eigenvalue weighted by Gasteiger charge is -2.20. The van der Waals surface area contributed by atoms with Crippen LogP contribution >= 0.6 is 0 Å². The van der Waals surface area contributed by atoms with Crippen molar-refractivity contribution < 1.29 is 9.59 Å². The van der Waals surface area contributed by atoms with Crippen molar-refractivity contribution in [2.24, 2.45) is 5.92 Å². The third-order valence-electron chi connectivity index (χ3n) is 6.78. The van der Waals surface area contributed by atoms with Crippen molar-refractivity contribution in [3.05, 3.63) is 94.7 Å². The molecule has 7 nitrogen and oxygen atoms in total. The number of H-pyrrole nitrogens is 1. The number of hydrogen-bond acceptors (Lipinski definition) is 4. The number of carbonyl (C=O) groups excluding carboxylic acids is 2. The molecular weight excluding hydrogens is 450 g/mol. The molecule has 3 N–H and O–H groups in total. The SMILES string of the molecule is Cc1cc(CCNC(=O)Cc2cccnc2)cnc1C(NC(=O)c1cc2cccc(C)c2[nH]1)C1CC1. The smallest absolute Gasteiger partial charge is 0.268 e. The summed E-state index contributed by atoms with van der Waals surface area (Å²) in [7, 11) is 0. The Morgan fingerprint density at radius 1 is 1.06 bits per heavy atom. The molecule has 0 aliphatic heterocycles. The van der Waals surface area contributed by atoms with Gasteiger partial charge in [-0.1, -0.05) is 30.3 Å². The van der Waals surface area contributed by atoms with Gasteiger partial charge in [0.1, 0.15) is 5.69 Å². The van der Waals surface area contributed by atoms with E-state index in [2.05, 4.69) is 26.7 Å². The molecule has 0 radical (unpaired) electrons. The summed E-state index contributed by atoms with van der Waals surface area (Å²) >= 11 is 0. The van der Waals surface area contributed by atoms with Crippen LogP contribution < -0.4 is 10.6 Å². The third kappa shape index (κ3) is 5.46. The number of aryl methyl sites for hydroxylation is 2. The molecule has 0 saturated heterocycles. The second-order valence-electron chi connectivity index (χ2n) is 9.69. The van der Waals surface area contributed by atoms with Gasteiger partial charge in [-0.2, -0.15) is 0 Å². The number of aromatic amines is 1. The summed E-state index contributed by atoms with van der Waals surface area (Å²) in [5.41, 5.74) is 6.61. The van der Waals surface area contributed by atoms with Crippen LogP contribution in [-0.4, -0.2) is 33.3 Å². The molecule has 0 bridgehead atoms. The summed E-state index contributed by atoms with van der Waals surface area (Å²) in [6.45, 7) is 4.62. The van der Waals surface area contributed by atoms with Gasteiger partial charge in [0.25, 0.3) is 5.91 Å². The van der Waals surface area contributed by atoms with Crippen molar-refractivity contribution in [2.75, 3.05) is 6.54 Å². The number of nitrogens with zero attached hydrogens (tertiary/aromatic N) is 2. The quantitative estimate of drug-likeness (QED) is 0.331. The lowest BCUT2D eigenvalue weighted by atomic mass is 10.0. The number of fused-ring (bicyclic) bond motifs is 1. The number of para-hydroxylation sites is 1. The maximum Gasteiger partial charge on any atom is 0.268 e.